The van der Waals surface area contributed by atoms with Gasteiger partial charge in [0.15, 0.2) is 0 Å². The van der Waals surface area contributed by atoms with Gasteiger partial charge in [0.05, 0.1) is 0 Å². The van der Waals surface area contributed by atoms with Gasteiger partial charge in [-0.05, 0) is 0 Å². The van der Waals surface area contributed by atoms with Crippen LogP contribution in [0, 0.1) is 13.8 Å². The van der Waals surface area contributed by atoms with Gasteiger partial charge in [0.25, 0.3) is 0 Å². The molecule has 0 fully saturated rings. The van der Waals surface area contributed by atoms with E-state index in [0.717, 1.165) is 0 Å². The summed E-state index contributed by atoms with van der Waals surface area (Å²) in [5.74, 6) is 0.690. The minimum Gasteiger partial charge on any atom is -1.00 e. The van der Waals surface area contributed by atoms with Gasteiger partial charge in [-0.3, -0.25) is 0 Å². The van der Waals surface area contributed by atoms with Crippen LogP contribution in [-0.2, 0) is 36.1 Å². The first-order valence-corrected chi connectivity index (χ1v) is 24.9. The Morgan fingerprint density at radius 1 is 0.474 bits per heavy atom. The first-order chi connectivity index (χ1) is 27.0. The van der Waals surface area contributed by atoms with Gasteiger partial charge in [0, 0.05) is 0 Å². The Hall–Kier alpha value is -2.78. The van der Waals surface area contributed by atoms with Gasteiger partial charge in [-0.15, -0.1) is 0 Å². The zero-order chi connectivity index (χ0) is 37.7. The van der Waals surface area contributed by atoms with Crippen LogP contribution in [0.4, 0.5) is 0 Å². The zero-order valence-electron chi connectivity index (χ0n) is 33.8. The summed E-state index contributed by atoms with van der Waals surface area (Å²) in [6.45, 7) is 9.11. The van der Waals surface area contributed by atoms with E-state index in [9.17, 15) is 0 Å². The summed E-state index contributed by atoms with van der Waals surface area (Å²) in [4.78, 5) is 5.79. The third kappa shape index (κ3) is 9.82. The number of benzene rings is 4. The topological polar surface area (TPSA) is 0 Å². The number of unbranched alkanes of at least 4 members (excludes halogenated alkanes) is 6. The van der Waals surface area contributed by atoms with Crippen LogP contribution in [0.25, 0.3) is 34.4 Å². The molecule has 2 atom stereocenters. The van der Waals surface area contributed by atoms with Crippen molar-refractivity contribution in [2.75, 3.05) is 0 Å². The molecule has 0 nitrogen and oxygen atoms in total. The summed E-state index contributed by atoms with van der Waals surface area (Å²) >= 11 is 2.75. The van der Waals surface area contributed by atoms with Crippen LogP contribution in [0.3, 0.4) is 0 Å². The number of thiophene rings is 2. The fraction of sp³-hybridized carbons (Fsp3) is 0.308. The second kappa shape index (κ2) is 20.5. The van der Waals surface area contributed by atoms with Crippen LogP contribution in [0.2, 0.25) is 0 Å². The van der Waals surface area contributed by atoms with Crippen LogP contribution >= 0.6 is 22.7 Å². The summed E-state index contributed by atoms with van der Waals surface area (Å²) in [5, 5.41) is 0. The summed E-state index contributed by atoms with van der Waals surface area (Å²) in [7, 11) is 0. The minimum atomic E-state index is -1.22. The van der Waals surface area contributed by atoms with Crippen molar-refractivity contribution < 1.29 is 48.0 Å². The van der Waals surface area contributed by atoms with Crippen molar-refractivity contribution >= 4 is 34.8 Å². The molecule has 2 aromatic heterocycles. The quantitative estimate of drug-likeness (QED) is 0.0850. The normalized spacial score (nSPS) is 15.2. The van der Waals surface area contributed by atoms with Crippen molar-refractivity contribution in [1.29, 1.82) is 0 Å². The number of halogens is 2. The molecular formula is C52H54Cl2S2Zr. The van der Waals surface area contributed by atoms with Crippen LogP contribution in [0.15, 0.2) is 116 Å². The Morgan fingerprint density at radius 3 is 1.26 bits per heavy atom. The Kier molecular flexibility index (Phi) is 15.7. The number of rotatable bonds is 16. The number of allylic oxidation sites excluding steroid dienone is 2. The SMILES string of the molecule is CCCCCCc1ccc(-c2cccc3c2C=[C]([Zr+2][C]2=Cc4c(-c5ccc(CCCCCC)cc5)cccc4C2c2ccc(C)s2)C3c2ccc(C)s2)cc1.[Cl-].[Cl-]. The molecule has 2 aliphatic carbocycles. The van der Waals surface area contributed by atoms with Crippen molar-refractivity contribution in [3.63, 3.8) is 0 Å². The van der Waals surface area contributed by atoms with E-state index >= 15 is 0 Å². The van der Waals surface area contributed by atoms with E-state index in [1.165, 1.54) is 139 Å². The maximum atomic E-state index is 2.65. The number of hydrogen-bond acceptors (Lipinski definition) is 2. The van der Waals surface area contributed by atoms with E-state index in [2.05, 4.69) is 149 Å². The molecule has 2 unspecified atom stereocenters. The molecule has 6 aromatic rings. The maximum absolute atomic E-state index is 2.65. The van der Waals surface area contributed by atoms with Crippen molar-refractivity contribution in [2.45, 2.75) is 104 Å². The predicted molar refractivity (Wildman–Crippen MR) is 237 cm³/mol. The van der Waals surface area contributed by atoms with Crippen LogP contribution in [0.5, 0.6) is 0 Å². The van der Waals surface area contributed by atoms with Crippen LogP contribution in [-0.4, -0.2) is 0 Å². The molecule has 0 aliphatic heterocycles. The van der Waals surface area contributed by atoms with E-state index in [0.29, 0.717) is 11.8 Å². The molecule has 0 saturated carbocycles. The molecule has 0 saturated heterocycles. The zero-order valence-corrected chi connectivity index (χ0v) is 39.4. The van der Waals surface area contributed by atoms with Crippen LogP contribution in [0.1, 0.15) is 130 Å². The van der Waals surface area contributed by atoms with Gasteiger partial charge in [0.1, 0.15) is 0 Å². The molecule has 4 aromatic carbocycles. The maximum Gasteiger partial charge on any atom is -1.00 e. The van der Waals surface area contributed by atoms with Gasteiger partial charge in [-0.1, -0.05) is 26.7 Å². The summed E-state index contributed by atoms with van der Waals surface area (Å²) in [5.41, 5.74) is 14.3. The molecule has 2 heterocycles. The third-order valence-electron chi connectivity index (χ3n) is 11.7. The van der Waals surface area contributed by atoms with Gasteiger partial charge < -0.3 is 24.8 Å². The average Bonchev–Trinajstić information content (AvgIpc) is 4.00. The van der Waals surface area contributed by atoms with E-state index in [4.69, 9.17) is 0 Å². The molecule has 0 amide bonds. The Labute approximate surface area is 374 Å². The largest absolute Gasteiger partial charge is 1.00 e. The first-order valence-electron chi connectivity index (χ1n) is 20.8. The van der Waals surface area contributed by atoms with Gasteiger partial charge in [-0.25, -0.2) is 0 Å². The standard InChI is InChI=1S/2C26H27S.2ClH.Zr/c2*1-3-4-5-6-8-20-12-14-21(15-13-20)22-9-7-10-23-24(22)16-17-25(23)26-18-11-19(2)27-26;;;/h2*7,9-16,18,25H,3-6,8H2,1-2H3;2*1H;/q;;;;+2/p-2. The molecule has 2 aliphatic rings. The Bertz CT molecular complexity index is 2140. The van der Waals surface area contributed by atoms with E-state index in [-0.39, 0.29) is 24.8 Å². The van der Waals surface area contributed by atoms with Crippen LogP contribution < -0.4 is 24.8 Å². The first kappa shape index (κ1) is 43.8. The minimum absolute atomic E-state index is 0. The molecule has 292 valence electrons. The molecular weight excluding hydrogens is 851 g/mol. The molecule has 0 radical (unpaired) electrons. The number of aryl methyl sites for hydroxylation is 4. The van der Waals surface area contributed by atoms with Crippen molar-refractivity contribution in [3.05, 3.63) is 169 Å². The molecule has 0 N–H and O–H groups in total. The predicted octanol–water partition coefficient (Wildman–Crippen LogP) is 9.77. The number of fused-ring (bicyclic) bond motifs is 2. The van der Waals surface area contributed by atoms with Gasteiger partial charge >= 0.3 is 326 Å². The monoisotopic (exact) mass is 902 g/mol. The summed E-state index contributed by atoms with van der Waals surface area (Å²) in [6.07, 6.45) is 18.1. The Morgan fingerprint density at radius 2 is 0.895 bits per heavy atom. The molecule has 8 rings (SSSR count). The molecule has 5 heteroatoms. The second-order valence-electron chi connectivity index (χ2n) is 15.7. The summed E-state index contributed by atoms with van der Waals surface area (Å²) < 4.78 is 3.37. The smallest absolute Gasteiger partial charge is 1.00 e. The molecule has 0 bridgehead atoms. The van der Waals surface area contributed by atoms with E-state index in [1.807, 2.05) is 22.7 Å². The van der Waals surface area contributed by atoms with Crippen molar-refractivity contribution in [2.24, 2.45) is 0 Å². The van der Waals surface area contributed by atoms with Gasteiger partial charge in [0.2, 0.25) is 0 Å². The second-order valence-corrected chi connectivity index (χ2v) is 21.8. The van der Waals surface area contributed by atoms with E-state index < -0.39 is 23.2 Å². The third-order valence-corrected chi connectivity index (χ3v) is 17.4. The average molecular weight is 905 g/mol. The fourth-order valence-corrected chi connectivity index (χ4v) is 15.4. The van der Waals surface area contributed by atoms with Crippen molar-refractivity contribution in [1.82, 2.24) is 0 Å². The van der Waals surface area contributed by atoms with Crippen molar-refractivity contribution in [3.8, 4) is 22.3 Å². The number of hydrogen-bond donors (Lipinski definition) is 0. The molecule has 57 heavy (non-hydrogen) atoms. The summed E-state index contributed by atoms with van der Waals surface area (Å²) in [6, 6.07) is 42.7. The van der Waals surface area contributed by atoms with Gasteiger partial charge in [-0.2, -0.15) is 0 Å². The van der Waals surface area contributed by atoms with E-state index in [1.54, 1.807) is 6.56 Å². The Balaban J connectivity index is 0.00000275. The molecule has 0 spiro atoms. The fourth-order valence-electron chi connectivity index (χ4n) is 8.74.